The van der Waals surface area contributed by atoms with Gasteiger partial charge in [-0.05, 0) is 12.8 Å². The molecule has 0 spiro atoms. The SMILES string of the molecule is CN(c1ncc(C(=O)O)c2ccccc12)C1CC1. The minimum atomic E-state index is -0.931. The number of fused-ring (bicyclic) bond motifs is 1. The zero-order valence-corrected chi connectivity index (χ0v) is 10.1. The number of benzene rings is 1. The number of rotatable bonds is 3. The third-order valence-electron chi connectivity index (χ3n) is 3.43. The van der Waals surface area contributed by atoms with Gasteiger partial charge in [0.25, 0.3) is 0 Å². The van der Waals surface area contributed by atoms with Crippen LogP contribution in [0.2, 0.25) is 0 Å². The molecule has 1 fully saturated rings. The first-order chi connectivity index (χ1) is 8.68. The van der Waals surface area contributed by atoms with Gasteiger partial charge in [-0.3, -0.25) is 0 Å². The van der Waals surface area contributed by atoms with Crippen molar-refractivity contribution < 1.29 is 9.90 Å². The summed E-state index contributed by atoms with van der Waals surface area (Å²) in [7, 11) is 2.02. The highest BCUT2D eigenvalue weighted by Gasteiger charge is 2.28. The lowest BCUT2D eigenvalue weighted by Crippen LogP contribution is -2.21. The second-order valence-electron chi connectivity index (χ2n) is 4.69. The summed E-state index contributed by atoms with van der Waals surface area (Å²) in [5.74, 6) is -0.0579. The molecule has 0 radical (unpaired) electrons. The van der Waals surface area contributed by atoms with Crippen LogP contribution >= 0.6 is 0 Å². The van der Waals surface area contributed by atoms with Crippen molar-refractivity contribution >= 4 is 22.6 Å². The Morgan fingerprint density at radius 3 is 2.61 bits per heavy atom. The molecule has 0 unspecified atom stereocenters. The van der Waals surface area contributed by atoms with Crippen molar-refractivity contribution in [2.75, 3.05) is 11.9 Å². The van der Waals surface area contributed by atoms with E-state index >= 15 is 0 Å². The molecule has 1 aliphatic rings. The fourth-order valence-electron chi connectivity index (χ4n) is 2.26. The maximum atomic E-state index is 11.2. The summed E-state index contributed by atoms with van der Waals surface area (Å²) < 4.78 is 0. The highest BCUT2D eigenvalue weighted by Crippen LogP contribution is 2.33. The summed E-state index contributed by atoms with van der Waals surface area (Å²) in [6, 6.07) is 8.10. The van der Waals surface area contributed by atoms with E-state index in [-0.39, 0.29) is 5.56 Å². The molecule has 1 heterocycles. The van der Waals surface area contributed by atoms with E-state index in [2.05, 4.69) is 9.88 Å². The van der Waals surface area contributed by atoms with E-state index in [1.54, 1.807) is 0 Å². The standard InChI is InChI=1S/C14H14N2O2/c1-16(9-6-7-9)13-11-5-3-2-4-10(11)12(8-15-13)14(17)18/h2-5,8-9H,6-7H2,1H3,(H,17,18). The lowest BCUT2D eigenvalue weighted by Gasteiger charge is -2.19. The molecule has 3 rings (SSSR count). The summed E-state index contributed by atoms with van der Waals surface area (Å²) in [5, 5.41) is 10.8. The minimum Gasteiger partial charge on any atom is -0.478 e. The highest BCUT2D eigenvalue weighted by atomic mass is 16.4. The molecule has 18 heavy (non-hydrogen) atoms. The third-order valence-corrected chi connectivity index (χ3v) is 3.43. The Labute approximate surface area is 105 Å². The highest BCUT2D eigenvalue weighted by molar-refractivity contribution is 6.06. The van der Waals surface area contributed by atoms with Crippen LogP contribution in [0.3, 0.4) is 0 Å². The van der Waals surface area contributed by atoms with Gasteiger partial charge in [0.2, 0.25) is 0 Å². The first-order valence-electron chi connectivity index (χ1n) is 6.02. The molecule has 2 aromatic rings. The lowest BCUT2D eigenvalue weighted by molar-refractivity contribution is 0.0698. The monoisotopic (exact) mass is 242 g/mol. The fourth-order valence-corrected chi connectivity index (χ4v) is 2.26. The van der Waals surface area contributed by atoms with E-state index < -0.39 is 5.97 Å². The quantitative estimate of drug-likeness (QED) is 0.898. The van der Waals surface area contributed by atoms with Gasteiger partial charge in [-0.15, -0.1) is 0 Å². The Morgan fingerprint density at radius 1 is 1.33 bits per heavy atom. The number of hydrogen-bond acceptors (Lipinski definition) is 3. The van der Waals surface area contributed by atoms with Crippen LogP contribution in [0.25, 0.3) is 10.8 Å². The van der Waals surface area contributed by atoms with Crippen molar-refractivity contribution in [3.63, 3.8) is 0 Å². The number of aromatic carboxylic acids is 1. The van der Waals surface area contributed by atoms with Crippen LogP contribution in [0, 0.1) is 0 Å². The van der Waals surface area contributed by atoms with Gasteiger partial charge < -0.3 is 10.0 Å². The molecule has 1 aromatic carbocycles. The molecule has 0 atom stereocenters. The second-order valence-corrected chi connectivity index (χ2v) is 4.69. The normalized spacial score (nSPS) is 14.7. The van der Waals surface area contributed by atoms with Crippen LogP contribution in [0.1, 0.15) is 23.2 Å². The smallest absolute Gasteiger partial charge is 0.337 e. The molecule has 0 bridgehead atoms. The largest absolute Gasteiger partial charge is 0.478 e. The maximum absolute atomic E-state index is 11.2. The molecule has 1 N–H and O–H groups in total. The molecule has 1 aromatic heterocycles. The Bertz CT molecular complexity index is 620. The number of anilines is 1. The number of carbonyl (C=O) groups is 1. The Hall–Kier alpha value is -2.10. The van der Waals surface area contributed by atoms with E-state index in [1.807, 2.05) is 31.3 Å². The second kappa shape index (κ2) is 3.98. The van der Waals surface area contributed by atoms with E-state index in [0.717, 1.165) is 16.6 Å². The number of pyridine rings is 1. The summed E-state index contributed by atoms with van der Waals surface area (Å²) >= 11 is 0. The number of aromatic nitrogens is 1. The number of nitrogens with zero attached hydrogens (tertiary/aromatic N) is 2. The summed E-state index contributed by atoms with van der Waals surface area (Å²) in [4.78, 5) is 17.7. The van der Waals surface area contributed by atoms with Crippen molar-refractivity contribution in [1.29, 1.82) is 0 Å². The van der Waals surface area contributed by atoms with Crippen LogP contribution in [-0.2, 0) is 0 Å². The molecule has 0 saturated heterocycles. The van der Waals surface area contributed by atoms with Gasteiger partial charge in [-0.1, -0.05) is 24.3 Å². The van der Waals surface area contributed by atoms with Gasteiger partial charge in [0.1, 0.15) is 5.82 Å². The van der Waals surface area contributed by atoms with Gasteiger partial charge in [-0.25, -0.2) is 9.78 Å². The average molecular weight is 242 g/mol. The average Bonchev–Trinajstić information content (AvgIpc) is 3.20. The van der Waals surface area contributed by atoms with Crippen LogP contribution in [0.5, 0.6) is 0 Å². The van der Waals surface area contributed by atoms with Crippen LogP contribution < -0.4 is 4.90 Å². The first-order valence-corrected chi connectivity index (χ1v) is 6.02. The van der Waals surface area contributed by atoms with Crippen molar-refractivity contribution in [2.45, 2.75) is 18.9 Å². The maximum Gasteiger partial charge on any atom is 0.337 e. The van der Waals surface area contributed by atoms with Crippen LogP contribution in [0.15, 0.2) is 30.5 Å². The van der Waals surface area contributed by atoms with E-state index in [9.17, 15) is 9.90 Å². The van der Waals surface area contributed by atoms with Crippen molar-refractivity contribution in [3.8, 4) is 0 Å². The van der Waals surface area contributed by atoms with Crippen molar-refractivity contribution in [2.24, 2.45) is 0 Å². The first kappa shape index (κ1) is 11.0. The molecule has 1 saturated carbocycles. The van der Waals surface area contributed by atoms with E-state index in [4.69, 9.17) is 0 Å². The topological polar surface area (TPSA) is 53.4 Å². The van der Waals surface area contributed by atoms with Crippen molar-refractivity contribution in [1.82, 2.24) is 4.98 Å². The summed E-state index contributed by atoms with van der Waals surface area (Å²) in [5.41, 5.74) is 0.263. The third kappa shape index (κ3) is 1.70. The molecule has 0 amide bonds. The van der Waals surface area contributed by atoms with Crippen LogP contribution in [-0.4, -0.2) is 29.1 Å². The molecule has 1 aliphatic carbocycles. The fraction of sp³-hybridized carbons (Fsp3) is 0.286. The summed E-state index contributed by atoms with van der Waals surface area (Å²) in [6.45, 7) is 0. The number of hydrogen-bond donors (Lipinski definition) is 1. The van der Waals surface area contributed by atoms with Gasteiger partial charge in [-0.2, -0.15) is 0 Å². The molecule has 4 heteroatoms. The predicted molar refractivity (Wildman–Crippen MR) is 70.1 cm³/mol. The molecule has 92 valence electrons. The predicted octanol–water partition coefficient (Wildman–Crippen LogP) is 2.53. The minimum absolute atomic E-state index is 0.263. The summed E-state index contributed by atoms with van der Waals surface area (Å²) in [6.07, 6.45) is 3.83. The zero-order valence-electron chi connectivity index (χ0n) is 10.1. The Balaban J connectivity index is 2.22. The molecule has 4 nitrogen and oxygen atoms in total. The Morgan fingerprint density at radius 2 is 2.00 bits per heavy atom. The Kier molecular flexibility index (Phi) is 2.44. The van der Waals surface area contributed by atoms with Gasteiger partial charge in [0.05, 0.1) is 5.56 Å². The molecular weight excluding hydrogens is 228 g/mol. The number of carboxylic acid groups (broad SMARTS) is 1. The lowest BCUT2D eigenvalue weighted by atomic mass is 10.1. The van der Waals surface area contributed by atoms with Crippen LogP contribution in [0.4, 0.5) is 5.82 Å². The van der Waals surface area contributed by atoms with E-state index in [0.29, 0.717) is 6.04 Å². The molecular formula is C14H14N2O2. The van der Waals surface area contributed by atoms with Gasteiger partial charge in [0, 0.05) is 30.1 Å². The molecule has 0 aliphatic heterocycles. The zero-order chi connectivity index (χ0) is 12.7. The van der Waals surface area contributed by atoms with E-state index in [1.165, 1.54) is 19.0 Å². The van der Waals surface area contributed by atoms with Crippen molar-refractivity contribution in [3.05, 3.63) is 36.0 Å². The van der Waals surface area contributed by atoms with Gasteiger partial charge >= 0.3 is 5.97 Å². The van der Waals surface area contributed by atoms with Gasteiger partial charge in [0.15, 0.2) is 0 Å². The number of carboxylic acids is 1.